The number of nitrogens with zero attached hydrogens (tertiary/aromatic N) is 2. The van der Waals surface area contributed by atoms with Crippen molar-refractivity contribution in [2.45, 2.75) is 13.1 Å². The maximum Gasteiger partial charge on any atom is 0.231 e. The zero-order chi connectivity index (χ0) is 23.2. The number of carbonyl (C=O) groups excluding carboxylic acids is 1. The van der Waals surface area contributed by atoms with Gasteiger partial charge in [-0.1, -0.05) is 30.3 Å². The number of carbonyl (C=O) groups is 1. The van der Waals surface area contributed by atoms with Crippen molar-refractivity contribution in [3.63, 3.8) is 0 Å². The van der Waals surface area contributed by atoms with E-state index in [4.69, 9.17) is 14.2 Å². The monoisotopic (exact) mass is 452 g/mol. The number of allylic oxidation sites excluding steroid dienone is 1. The van der Waals surface area contributed by atoms with Crippen molar-refractivity contribution in [2.75, 3.05) is 13.8 Å². The predicted molar refractivity (Wildman–Crippen MR) is 130 cm³/mol. The standard InChI is InChI=1S/C28H24N2O4/c1-29-15-19(22-13-20(32-2)8-10-24(22)29)12-26-27(31)21-9-11-25-23(28(21)34-26)16-30(17-33-25)14-18-6-4-3-5-7-18/h3-13,15H,14,16-17H2,1-2H3/b26-12-. The molecular weight excluding hydrogens is 428 g/mol. The Bertz CT molecular complexity index is 1450. The Labute approximate surface area is 197 Å². The van der Waals surface area contributed by atoms with E-state index >= 15 is 0 Å². The molecule has 34 heavy (non-hydrogen) atoms. The van der Waals surface area contributed by atoms with Crippen LogP contribution in [0, 0.1) is 0 Å². The first-order valence-corrected chi connectivity index (χ1v) is 11.2. The average molecular weight is 453 g/mol. The second-order valence-electron chi connectivity index (χ2n) is 8.68. The van der Waals surface area contributed by atoms with Gasteiger partial charge in [0.2, 0.25) is 5.78 Å². The summed E-state index contributed by atoms with van der Waals surface area (Å²) < 4.78 is 19.6. The van der Waals surface area contributed by atoms with E-state index in [0.717, 1.165) is 40.1 Å². The number of hydrogen-bond acceptors (Lipinski definition) is 5. The molecule has 3 heterocycles. The van der Waals surface area contributed by atoms with E-state index in [1.807, 2.05) is 66.4 Å². The molecule has 0 atom stereocenters. The molecule has 0 bridgehead atoms. The third-order valence-electron chi connectivity index (χ3n) is 6.45. The number of rotatable bonds is 4. The molecule has 0 amide bonds. The van der Waals surface area contributed by atoms with Crippen molar-refractivity contribution in [3.8, 4) is 17.2 Å². The van der Waals surface area contributed by atoms with Crippen LogP contribution in [-0.2, 0) is 20.1 Å². The maximum absolute atomic E-state index is 13.2. The van der Waals surface area contributed by atoms with Crippen LogP contribution in [0.25, 0.3) is 17.0 Å². The number of aromatic nitrogens is 1. The highest BCUT2D eigenvalue weighted by molar-refractivity contribution is 6.15. The smallest absolute Gasteiger partial charge is 0.231 e. The normalized spacial score (nSPS) is 16.3. The Hall–Kier alpha value is -4.03. The molecule has 2 aliphatic heterocycles. The molecule has 0 saturated heterocycles. The van der Waals surface area contributed by atoms with Crippen molar-refractivity contribution >= 4 is 22.8 Å². The summed E-state index contributed by atoms with van der Waals surface area (Å²) in [6.45, 7) is 1.91. The molecule has 6 heteroatoms. The van der Waals surface area contributed by atoms with Gasteiger partial charge in [-0.15, -0.1) is 0 Å². The van der Waals surface area contributed by atoms with E-state index in [1.165, 1.54) is 5.56 Å². The minimum Gasteiger partial charge on any atom is -0.497 e. The fourth-order valence-electron chi connectivity index (χ4n) is 4.73. The van der Waals surface area contributed by atoms with Gasteiger partial charge in [-0.3, -0.25) is 9.69 Å². The van der Waals surface area contributed by atoms with Gasteiger partial charge in [0.15, 0.2) is 5.76 Å². The Morgan fingerprint density at radius 1 is 1.09 bits per heavy atom. The molecule has 0 fully saturated rings. The van der Waals surface area contributed by atoms with Gasteiger partial charge in [-0.25, -0.2) is 0 Å². The molecule has 4 aromatic rings. The molecule has 0 N–H and O–H groups in total. The van der Waals surface area contributed by atoms with Gasteiger partial charge in [-0.05, 0) is 42.0 Å². The molecule has 6 rings (SSSR count). The molecule has 0 spiro atoms. The highest BCUT2D eigenvalue weighted by atomic mass is 16.5. The van der Waals surface area contributed by atoms with E-state index in [0.29, 0.717) is 30.3 Å². The lowest BCUT2D eigenvalue weighted by molar-refractivity contribution is 0.0873. The summed E-state index contributed by atoms with van der Waals surface area (Å²) in [5.41, 5.74) is 4.66. The van der Waals surface area contributed by atoms with Gasteiger partial charge in [0.1, 0.15) is 24.0 Å². The zero-order valence-electron chi connectivity index (χ0n) is 19.1. The van der Waals surface area contributed by atoms with Crippen molar-refractivity contribution in [1.29, 1.82) is 0 Å². The SMILES string of the molecule is COc1ccc2c(c1)c(/C=C1\Oc3c(ccc4c3CN(Cc3ccccc3)CO4)C1=O)cn2C. The molecular formula is C28H24N2O4. The van der Waals surface area contributed by atoms with E-state index in [9.17, 15) is 4.79 Å². The van der Waals surface area contributed by atoms with Crippen LogP contribution in [0.4, 0.5) is 0 Å². The van der Waals surface area contributed by atoms with Crippen LogP contribution in [0.1, 0.15) is 27.0 Å². The number of benzene rings is 3. The van der Waals surface area contributed by atoms with Crippen LogP contribution in [-0.4, -0.2) is 29.1 Å². The Morgan fingerprint density at radius 2 is 1.94 bits per heavy atom. The van der Waals surface area contributed by atoms with E-state index in [2.05, 4.69) is 17.0 Å². The van der Waals surface area contributed by atoms with E-state index in [1.54, 1.807) is 13.2 Å². The molecule has 6 nitrogen and oxygen atoms in total. The van der Waals surface area contributed by atoms with Crippen molar-refractivity contribution < 1.29 is 19.0 Å². The first-order valence-electron chi connectivity index (χ1n) is 11.2. The summed E-state index contributed by atoms with van der Waals surface area (Å²) in [4.78, 5) is 15.4. The van der Waals surface area contributed by atoms with Gasteiger partial charge in [0.25, 0.3) is 0 Å². The highest BCUT2D eigenvalue weighted by Gasteiger charge is 2.33. The lowest BCUT2D eigenvalue weighted by atomic mass is 10.0. The molecule has 1 aromatic heterocycles. The largest absolute Gasteiger partial charge is 0.497 e. The summed E-state index contributed by atoms with van der Waals surface area (Å²) in [5.74, 6) is 2.35. The maximum atomic E-state index is 13.2. The number of methoxy groups -OCH3 is 1. The van der Waals surface area contributed by atoms with Gasteiger partial charge in [0, 0.05) is 42.8 Å². The van der Waals surface area contributed by atoms with Gasteiger partial charge < -0.3 is 18.8 Å². The van der Waals surface area contributed by atoms with Crippen molar-refractivity contribution in [3.05, 3.63) is 94.9 Å². The van der Waals surface area contributed by atoms with Gasteiger partial charge >= 0.3 is 0 Å². The topological polar surface area (TPSA) is 52.9 Å². The minimum absolute atomic E-state index is 0.113. The first kappa shape index (κ1) is 20.6. The van der Waals surface area contributed by atoms with Gasteiger partial charge in [-0.2, -0.15) is 0 Å². The van der Waals surface area contributed by atoms with Crippen molar-refractivity contribution in [1.82, 2.24) is 9.47 Å². The molecule has 170 valence electrons. The summed E-state index contributed by atoms with van der Waals surface area (Å²) in [7, 11) is 3.63. The van der Waals surface area contributed by atoms with Crippen LogP contribution >= 0.6 is 0 Å². The summed E-state index contributed by atoms with van der Waals surface area (Å²) in [6.07, 6.45) is 3.82. The number of aryl methyl sites for hydroxylation is 1. The quantitative estimate of drug-likeness (QED) is 0.401. The van der Waals surface area contributed by atoms with E-state index < -0.39 is 0 Å². The van der Waals surface area contributed by atoms with Crippen LogP contribution < -0.4 is 14.2 Å². The predicted octanol–water partition coefficient (Wildman–Crippen LogP) is 5.16. The fraction of sp³-hybridized carbons (Fsp3) is 0.179. The average Bonchev–Trinajstić information content (AvgIpc) is 3.35. The minimum atomic E-state index is -0.113. The second kappa shape index (κ2) is 8.08. The molecule has 3 aromatic carbocycles. The Kier molecular flexibility index (Phi) is 4.89. The van der Waals surface area contributed by atoms with Crippen LogP contribution in [0.2, 0.25) is 0 Å². The Balaban J connectivity index is 1.33. The molecule has 2 aliphatic rings. The summed E-state index contributed by atoms with van der Waals surface area (Å²) in [5, 5.41) is 1.00. The zero-order valence-corrected chi connectivity index (χ0v) is 19.1. The molecule has 0 saturated carbocycles. The van der Waals surface area contributed by atoms with Crippen molar-refractivity contribution in [2.24, 2.45) is 7.05 Å². The third kappa shape index (κ3) is 3.43. The lowest BCUT2D eigenvalue weighted by Gasteiger charge is -2.29. The number of fused-ring (bicyclic) bond motifs is 4. The van der Waals surface area contributed by atoms with E-state index in [-0.39, 0.29) is 5.78 Å². The Morgan fingerprint density at radius 3 is 2.76 bits per heavy atom. The fourth-order valence-corrected chi connectivity index (χ4v) is 4.73. The van der Waals surface area contributed by atoms with Crippen LogP contribution in [0.15, 0.2) is 72.6 Å². The van der Waals surface area contributed by atoms with Gasteiger partial charge in [0.05, 0.1) is 18.2 Å². The third-order valence-corrected chi connectivity index (χ3v) is 6.45. The number of hydrogen-bond donors (Lipinski definition) is 0. The number of ether oxygens (including phenoxy) is 3. The summed E-state index contributed by atoms with van der Waals surface area (Å²) >= 11 is 0. The highest BCUT2D eigenvalue weighted by Crippen LogP contribution is 2.42. The second-order valence-corrected chi connectivity index (χ2v) is 8.68. The number of ketones is 1. The molecule has 0 radical (unpaired) electrons. The van der Waals surface area contributed by atoms with Crippen LogP contribution in [0.3, 0.4) is 0 Å². The first-order chi connectivity index (χ1) is 16.6. The number of Topliss-reactive ketones (excluding diaryl/α,β-unsaturated/α-hetero) is 1. The lowest BCUT2D eigenvalue weighted by Crippen LogP contribution is -2.31. The molecule has 0 unspecified atom stereocenters. The summed E-state index contributed by atoms with van der Waals surface area (Å²) in [6, 6.07) is 19.9. The van der Waals surface area contributed by atoms with Crippen LogP contribution in [0.5, 0.6) is 17.2 Å². The molecule has 0 aliphatic carbocycles.